The van der Waals surface area contributed by atoms with Gasteiger partial charge in [0.05, 0.1) is 12.9 Å². The zero-order valence-electron chi connectivity index (χ0n) is 10.1. The fourth-order valence-electron chi connectivity index (χ4n) is 2.19. The maximum atomic E-state index is 10.8. The number of hydrogen-bond donors (Lipinski definition) is 0. The largest absolute Gasteiger partial charge is 0.347 e. The molecule has 1 saturated carbocycles. The van der Waals surface area contributed by atoms with Gasteiger partial charge in [-0.15, -0.1) is 0 Å². The smallest absolute Gasteiger partial charge is 0.325 e. The summed E-state index contributed by atoms with van der Waals surface area (Å²) >= 11 is 5.85. The summed E-state index contributed by atoms with van der Waals surface area (Å²) in [4.78, 5) is 0. The summed E-state index contributed by atoms with van der Waals surface area (Å²) in [5, 5.41) is 3.31. The van der Waals surface area contributed by atoms with Crippen molar-refractivity contribution >= 4 is 26.9 Å². The minimum atomic E-state index is -3.65. The molecule has 6 nitrogen and oxygen atoms in total. The van der Waals surface area contributed by atoms with Crippen molar-refractivity contribution in [2.24, 2.45) is 5.16 Å². The van der Waals surface area contributed by atoms with Crippen LogP contribution in [0, 0.1) is 0 Å². The summed E-state index contributed by atoms with van der Waals surface area (Å²) in [5.74, 6) is -0.566. The lowest BCUT2D eigenvalue weighted by Gasteiger charge is -2.31. The molecular weight excluding hydrogens is 282 g/mol. The Balaban J connectivity index is 1.95. The first-order valence-electron chi connectivity index (χ1n) is 5.84. The summed E-state index contributed by atoms with van der Waals surface area (Å²) in [6, 6.07) is 0. The van der Waals surface area contributed by atoms with Gasteiger partial charge < -0.3 is 9.47 Å². The van der Waals surface area contributed by atoms with E-state index in [9.17, 15) is 8.42 Å². The van der Waals surface area contributed by atoms with Gasteiger partial charge in [0.2, 0.25) is 0 Å². The van der Waals surface area contributed by atoms with E-state index >= 15 is 0 Å². The Kier molecular flexibility index (Phi) is 4.15. The summed E-state index contributed by atoms with van der Waals surface area (Å²) in [7, 11) is -3.65. The Hall–Kier alpha value is -0.370. The topological polar surface area (TPSA) is 74.2 Å². The molecule has 2 aliphatic rings. The molecule has 1 aliphatic carbocycles. The third-order valence-corrected chi connectivity index (χ3v) is 3.65. The second-order valence-electron chi connectivity index (χ2n) is 4.58. The molecule has 1 saturated heterocycles. The molecule has 0 radical (unpaired) electrons. The van der Waals surface area contributed by atoms with Crippen molar-refractivity contribution < 1.29 is 22.2 Å². The van der Waals surface area contributed by atoms with E-state index < -0.39 is 22.0 Å². The Morgan fingerprint density at radius 3 is 2.67 bits per heavy atom. The van der Waals surface area contributed by atoms with Crippen LogP contribution in [0.5, 0.6) is 0 Å². The highest BCUT2D eigenvalue weighted by Gasteiger charge is 2.43. The highest BCUT2D eigenvalue weighted by molar-refractivity contribution is 7.85. The maximum Gasteiger partial charge on any atom is 0.325 e. The monoisotopic (exact) mass is 297 g/mol. The van der Waals surface area contributed by atoms with Gasteiger partial charge in [-0.1, -0.05) is 23.2 Å². The van der Waals surface area contributed by atoms with Crippen molar-refractivity contribution in [3.05, 3.63) is 0 Å². The molecule has 2 rings (SSSR count). The van der Waals surface area contributed by atoms with Gasteiger partial charge >= 0.3 is 10.1 Å². The van der Waals surface area contributed by atoms with Gasteiger partial charge in [0, 0.05) is 12.8 Å². The molecule has 0 aromatic heterocycles. The minimum Gasteiger partial charge on any atom is -0.347 e. The van der Waals surface area contributed by atoms with Crippen molar-refractivity contribution in [3.63, 3.8) is 0 Å². The van der Waals surface area contributed by atoms with Crippen LogP contribution in [0.25, 0.3) is 0 Å². The van der Waals surface area contributed by atoms with Gasteiger partial charge in [-0.05, 0) is 12.8 Å². The first-order valence-corrected chi connectivity index (χ1v) is 8.03. The summed E-state index contributed by atoms with van der Waals surface area (Å²) < 4.78 is 37.3. The molecule has 1 spiro atoms. The van der Waals surface area contributed by atoms with E-state index in [1.807, 2.05) is 0 Å². The average molecular weight is 298 g/mol. The van der Waals surface area contributed by atoms with Crippen LogP contribution in [0.15, 0.2) is 5.16 Å². The number of ether oxygens (including phenoxy) is 2. The molecule has 104 valence electrons. The maximum absolute atomic E-state index is 10.8. The Morgan fingerprint density at radius 1 is 1.39 bits per heavy atom. The van der Waals surface area contributed by atoms with Crippen LogP contribution in [-0.2, 0) is 23.9 Å². The molecule has 0 aromatic carbocycles. The summed E-state index contributed by atoms with van der Waals surface area (Å²) in [6.45, 7) is 0.273. The van der Waals surface area contributed by atoms with E-state index in [0.717, 1.165) is 31.9 Å². The van der Waals surface area contributed by atoms with E-state index in [4.69, 9.17) is 21.1 Å². The standard InChI is InChI=1S/C10H16ClNO5S/c1-18(13,14)17-12-9(11)8-7-15-10(16-8)5-3-2-4-6-10/h8H,2-7H2,1H3/b12-9-/t8-/m1/s1. The molecule has 1 heterocycles. The van der Waals surface area contributed by atoms with Crippen LogP contribution in [0.3, 0.4) is 0 Å². The fourth-order valence-corrected chi connectivity index (χ4v) is 2.59. The molecule has 1 aliphatic heterocycles. The zero-order valence-corrected chi connectivity index (χ0v) is 11.7. The van der Waals surface area contributed by atoms with E-state index in [1.165, 1.54) is 6.42 Å². The van der Waals surface area contributed by atoms with E-state index in [1.54, 1.807) is 0 Å². The van der Waals surface area contributed by atoms with E-state index in [0.29, 0.717) is 0 Å². The number of halogens is 1. The minimum absolute atomic E-state index is 0.0390. The lowest BCUT2D eigenvalue weighted by atomic mass is 9.94. The van der Waals surface area contributed by atoms with Gasteiger partial charge in [0.25, 0.3) is 0 Å². The Bertz CT molecular complexity index is 430. The third-order valence-electron chi connectivity index (χ3n) is 3.00. The quantitative estimate of drug-likeness (QED) is 0.584. The SMILES string of the molecule is CS(=O)(=O)O/N=C(\Cl)[C@H]1COC2(CCCCC2)O1. The molecular formula is C10H16ClNO5S. The van der Waals surface area contributed by atoms with Crippen molar-refractivity contribution in [3.8, 4) is 0 Å². The normalized spacial score (nSPS) is 28.6. The predicted octanol–water partition coefficient (Wildman–Crippen LogP) is 1.59. The van der Waals surface area contributed by atoms with E-state index in [2.05, 4.69) is 9.44 Å². The van der Waals surface area contributed by atoms with Gasteiger partial charge in [-0.3, -0.25) is 4.28 Å². The Labute approximate surface area is 111 Å². The summed E-state index contributed by atoms with van der Waals surface area (Å²) in [6.07, 6.45) is 5.31. The van der Waals surface area contributed by atoms with Crippen molar-refractivity contribution in [2.75, 3.05) is 12.9 Å². The molecule has 0 amide bonds. The average Bonchev–Trinajstić information content (AvgIpc) is 2.70. The molecule has 0 unspecified atom stereocenters. The number of hydrogen-bond acceptors (Lipinski definition) is 6. The lowest BCUT2D eigenvalue weighted by molar-refractivity contribution is -0.181. The molecule has 0 bridgehead atoms. The lowest BCUT2D eigenvalue weighted by Crippen LogP contribution is -2.34. The second-order valence-corrected chi connectivity index (χ2v) is 6.53. The van der Waals surface area contributed by atoms with Gasteiger partial charge in [-0.25, -0.2) is 0 Å². The molecule has 2 fully saturated rings. The molecule has 0 aromatic rings. The summed E-state index contributed by atoms with van der Waals surface area (Å²) in [5.41, 5.74) is 0. The van der Waals surface area contributed by atoms with E-state index in [-0.39, 0.29) is 11.8 Å². The number of oxime groups is 1. The van der Waals surface area contributed by atoms with Gasteiger partial charge in [0.1, 0.15) is 6.10 Å². The third kappa shape index (κ3) is 3.57. The molecule has 8 heteroatoms. The van der Waals surface area contributed by atoms with Gasteiger partial charge in [0.15, 0.2) is 11.0 Å². The van der Waals surface area contributed by atoms with Gasteiger partial charge in [-0.2, -0.15) is 8.42 Å². The highest BCUT2D eigenvalue weighted by Crippen LogP contribution is 2.38. The highest BCUT2D eigenvalue weighted by atomic mass is 35.5. The molecule has 1 atom stereocenters. The van der Waals surface area contributed by atoms with Crippen molar-refractivity contribution in [1.29, 1.82) is 0 Å². The predicted molar refractivity (Wildman–Crippen MR) is 65.9 cm³/mol. The van der Waals surface area contributed by atoms with Crippen LogP contribution >= 0.6 is 11.6 Å². The Morgan fingerprint density at radius 2 is 2.06 bits per heavy atom. The van der Waals surface area contributed by atoms with Crippen molar-refractivity contribution in [1.82, 2.24) is 0 Å². The molecule has 18 heavy (non-hydrogen) atoms. The number of nitrogens with zero attached hydrogens (tertiary/aromatic N) is 1. The first kappa shape index (κ1) is 14.0. The van der Waals surface area contributed by atoms with Crippen molar-refractivity contribution in [2.45, 2.75) is 44.0 Å². The number of rotatable bonds is 3. The first-order chi connectivity index (χ1) is 8.40. The molecule has 0 N–H and O–H groups in total. The van der Waals surface area contributed by atoms with Crippen LogP contribution in [-0.4, -0.2) is 38.3 Å². The van der Waals surface area contributed by atoms with Crippen LogP contribution in [0.4, 0.5) is 0 Å². The van der Waals surface area contributed by atoms with Crippen LogP contribution in [0.2, 0.25) is 0 Å². The zero-order chi connectivity index (χ0) is 13.2. The fraction of sp³-hybridized carbons (Fsp3) is 0.900. The van der Waals surface area contributed by atoms with Crippen LogP contribution in [0.1, 0.15) is 32.1 Å². The second kappa shape index (κ2) is 5.32. The van der Waals surface area contributed by atoms with Crippen LogP contribution < -0.4 is 0 Å².